The number of carbonyl (C=O) groups excluding carboxylic acids is 1. The van der Waals surface area contributed by atoms with Crippen LogP contribution in [0.5, 0.6) is 0 Å². The number of rotatable bonds is 5. The van der Waals surface area contributed by atoms with Crippen LogP contribution < -0.4 is 11.1 Å². The molecule has 110 valence electrons. The standard InChI is InChI=1S/C17H19FN2O/c1-11(2)14-5-3-4-6-16(14)20-10-13-8-7-12(17(19)21)9-15(13)18/h3-9,11,20H,10H2,1-2H3,(H2,19,21). The normalized spacial score (nSPS) is 10.7. The van der Waals surface area contributed by atoms with E-state index in [1.807, 2.05) is 18.2 Å². The Morgan fingerprint density at radius 3 is 2.57 bits per heavy atom. The van der Waals surface area contributed by atoms with Gasteiger partial charge in [0.15, 0.2) is 0 Å². The summed E-state index contributed by atoms with van der Waals surface area (Å²) in [5.74, 6) is -0.671. The van der Waals surface area contributed by atoms with Gasteiger partial charge in [-0.05, 0) is 29.7 Å². The average molecular weight is 286 g/mol. The minimum atomic E-state index is -0.626. The molecule has 21 heavy (non-hydrogen) atoms. The van der Waals surface area contributed by atoms with Gasteiger partial charge in [0.2, 0.25) is 5.91 Å². The summed E-state index contributed by atoms with van der Waals surface area (Å²) in [6, 6.07) is 12.3. The Morgan fingerprint density at radius 2 is 1.95 bits per heavy atom. The van der Waals surface area contributed by atoms with Gasteiger partial charge < -0.3 is 11.1 Å². The van der Waals surface area contributed by atoms with Crippen molar-refractivity contribution in [2.45, 2.75) is 26.3 Å². The van der Waals surface area contributed by atoms with Crippen LogP contribution in [0.25, 0.3) is 0 Å². The van der Waals surface area contributed by atoms with Crippen molar-refractivity contribution >= 4 is 11.6 Å². The van der Waals surface area contributed by atoms with Crippen LogP contribution in [0.3, 0.4) is 0 Å². The second-order valence-electron chi connectivity index (χ2n) is 5.27. The third kappa shape index (κ3) is 3.60. The number of anilines is 1. The van der Waals surface area contributed by atoms with Gasteiger partial charge in [-0.3, -0.25) is 4.79 Å². The quantitative estimate of drug-likeness (QED) is 0.881. The van der Waals surface area contributed by atoms with E-state index in [2.05, 4.69) is 25.2 Å². The number of hydrogen-bond acceptors (Lipinski definition) is 2. The van der Waals surface area contributed by atoms with Crippen molar-refractivity contribution in [1.82, 2.24) is 0 Å². The number of hydrogen-bond donors (Lipinski definition) is 2. The van der Waals surface area contributed by atoms with Crippen LogP contribution >= 0.6 is 0 Å². The summed E-state index contributed by atoms with van der Waals surface area (Å²) in [7, 11) is 0. The first-order chi connectivity index (χ1) is 9.99. The smallest absolute Gasteiger partial charge is 0.248 e. The Labute approximate surface area is 124 Å². The van der Waals surface area contributed by atoms with Crippen LogP contribution in [0.15, 0.2) is 42.5 Å². The fraction of sp³-hybridized carbons (Fsp3) is 0.235. The van der Waals surface area contributed by atoms with Crippen LogP contribution in [0.2, 0.25) is 0 Å². The molecule has 0 radical (unpaired) electrons. The third-order valence-electron chi connectivity index (χ3n) is 3.39. The Bertz CT molecular complexity index is 653. The van der Waals surface area contributed by atoms with E-state index >= 15 is 0 Å². The van der Waals surface area contributed by atoms with Crippen LogP contribution in [0.4, 0.5) is 10.1 Å². The van der Waals surface area contributed by atoms with E-state index in [0.717, 1.165) is 5.69 Å². The molecule has 0 spiro atoms. The fourth-order valence-electron chi connectivity index (χ4n) is 2.20. The van der Waals surface area contributed by atoms with E-state index in [1.54, 1.807) is 6.07 Å². The molecule has 0 aliphatic heterocycles. The lowest BCUT2D eigenvalue weighted by molar-refractivity contribution is 0.1000. The maximum Gasteiger partial charge on any atom is 0.248 e. The molecule has 0 aromatic heterocycles. The molecule has 4 heteroatoms. The predicted molar refractivity (Wildman–Crippen MR) is 82.8 cm³/mol. The van der Waals surface area contributed by atoms with Crippen molar-refractivity contribution in [2.75, 3.05) is 5.32 Å². The zero-order valence-electron chi connectivity index (χ0n) is 12.2. The summed E-state index contributed by atoms with van der Waals surface area (Å²) in [6.45, 7) is 4.58. The SMILES string of the molecule is CC(C)c1ccccc1NCc1ccc(C(N)=O)cc1F. The summed E-state index contributed by atoms with van der Waals surface area (Å²) in [5, 5.41) is 3.24. The average Bonchev–Trinajstić information content (AvgIpc) is 2.46. The number of carbonyl (C=O) groups is 1. The lowest BCUT2D eigenvalue weighted by atomic mass is 10.0. The molecule has 0 saturated heterocycles. The lowest BCUT2D eigenvalue weighted by Crippen LogP contribution is -2.12. The van der Waals surface area contributed by atoms with Crippen molar-refractivity contribution in [3.8, 4) is 0 Å². The Hall–Kier alpha value is -2.36. The molecule has 0 saturated carbocycles. The molecule has 3 nitrogen and oxygen atoms in total. The molecule has 1 amide bonds. The highest BCUT2D eigenvalue weighted by Crippen LogP contribution is 2.24. The van der Waals surface area contributed by atoms with Crippen molar-refractivity contribution in [3.63, 3.8) is 0 Å². The molecule has 3 N–H and O–H groups in total. The zero-order chi connectivity index (χ0) is 15.4. The van der Waals surface area contributed by atoms with E-state index in [1.165, 1.54) is 17.7 Å². The summed E-state index contributed by atoms with van der Waals surface area (Å²) in [6.07, 6.45) is 0. The number of amides is 1. The number of halogens is 1. The zero-order valence-corrected chi connectivity index (χ0v) is 12.2. The second kappa shape index (κ2) is 6.39. The number of para-hydroxylation sites is 1. The highest BCUT2D eigenvalue weighted by atomic mass is 19.1. The predicted octanol–water partition coefficient (Wildman–Crippen LogP) is 3.66. The van der Waals surface area contributed by atoms with E-state index in [4.69, 9.17) is 5.73 Å². The highest BCUT2D eigenvalue weighted by molar-refractivity contribution is 5.92. The molecule has 0 unspecified atom stereocenters. The molecule has 0 atom stereocenters. The minimum Gasteiger partial charge on any atom is -0.381 e. The van der Waals surface area contributed by atoms with Gasteiger partial charge in [-0.15, -0.1) is 0 Å². The maximum absolute atomic E-state index is 13.9. The Morgan fingerprint density at radius 1 is 1.24 bits per heavy atom. The van der Waals surface area contributed by atoms with E-state index in [0.29, 0.717) is 18.0 Å². The molecule has 0 aliphatic rings. The van der Waals surface area contributed by atoms with E-state index < -0.39 is 11.7 Å². The molecule has 2 aromatic carbocycles. The molecule has 2 aromatic rings. The van der Waals surface area contributed by atoms with Gasteiger partial charge >= 0.3 is 0 Å². The van der Waals surface area contributed by atoms with Gasteiger partial charge in [-0.1, -0.05) is 38.1 Å². The monoisotopic (exact) mass is 286 g/mol. The van der Waals surface area contributed by atoms with E-state index in [9.17, 15) is 9.18 Å². The Kier molecular flexibility index (Phi) is 4.58. The van der Waals surface area contributed by atoms with Gasteiger partial charge in [0.25, 0.3) is 0 Å². The summed E-state index contributed by atoms with van der Waals surface area (Å²) >= 11 is 0. The highest BCUT2D eigenvalue weighted by Gasteiger charge is 2.09. The van der Waals surface area contributed by atoms with Gasteiger partial charge in [0.05, 0.1) is 0 Å². The maximum atomic E-state index is 13.9. The van der Waals surface area contributed by atoms with Gasteiger partial charge in [0, 0.05) is 23.4 Å². The van der Waals surface area contributed by atoms with Crippen molar-refractivity contribution in [2.24, 2.45) is 5.73 Å². The first-order valence-corrected chi connectivity index (χ1v) is 6.90. The van der Waals surface area contributed by atoms with Crippen LogP contribution in [0.1, 0.15) is 41.3 Å². The largest absolute Gasteiger partial charge is 0.381 e. The molecular weight excluding hydrogens is 267 g/mol. The van der Waals surface area contributed by atoms with Crippen LogP contribution in [-0.4, -0.2) is 5.91 Å². The number of nitrogens with two attached hydrogens (primary N) is 1. The van der Waals surface area contributed by atoms with E-state index in [-0.39, 0.29) is 5.56 Å². The molecule has 0 bridgehead atoms. The second-order valence-corrected chi connectivity index (χ2v) is 5.27. The first kappa shape index (κ1) is 15.0. The molecular formula is C17H19FN2O. The van der Waals surface area contributed by atoms with Crippen LogP contribution in [0, 0.1) is 5.82 Å². The molecule has 0 heterocycles. The molecule has 2 rings (SSSR count). The van der Waals surface area contributed by atoms with Gasteiger partial charge in [0.1, 0.15) is 5.82 Å². The van der Waals surface area contributed by atoms with Gasteiger partial charge in [-0.25, -0.2) is 4.39 Å². The number of benzene rings is 2. The summed E-state index contributed by atoms with van der Waals surface area (Å²) in [5.41, 5.74) is 7.99. The fourth-order valence-corrected chi connectivity index (χ4v) is 2.20. The summed E-state index contributed by atoms with van der Waals surface area (Å²) < 4.78 is 13.9. The van der Waals surface area contributed by atoms with Crippen molar-refractivity contribution < 1.29 is 9.18 Å². The van der Waals surface area contributed by atoms with Gasteiger partial charge in [-0.2, -0.15) is 0 Å². The number of nitrogens with one attached hydrogen (secondary N) is 1. The Balaban J connectivity index is 2.15. The van der Waals surface area contributed by atoms with Crippen molar-refractivity contribution in [1.29, 1.82) is 0 Å². The summed E-state index contributed by atoms with van der Waals surface area (Å²) in [4.78, 5) is 11.0. The van der Waals surface area contributed by atoms with Crippen molar-refractivity contribution in [3.05, 3.63) is 65.0 Å². The number of primary amides is 1. The molecule has 0 aliphatic carbocycles. The lowest BCUT2D eigenvalue weighted by Gasteiger charge is -2.15. The topological polar surface area (TPSA) is 55.1 Å². The third-order valence-corrected chi connectivity index (χ3v) is 3.39. The first-order valence-electron chi connectivity index (χ1n) is 6.90. The minimum absolute atomic E-state index is 0.179. The van der Waals surface area contributed by atoms with Crippen LogP contribution in [-0.2, 0) is 6.54 Å². The molecule has 0 fully saturated rings.